The van der Waals surface area contributed by atoms with Gasteiger partial charge in [-0.1, -0.05) is 48.5 Å². The smallest absolute Gasteiger partial charge is 0.257 e. The predicted molar refractivity (Wildman–Crippen MR) is 100 cm³/mol. The van der Waals surface area contributed by atoms with Crippen molar-refractivity contribution >= 4 is 21.7 Å². The number of hydrogen-bond acceptors (Lipinski definition) is 3. The van der Waals surface area contributed by atoms with Gasteiger partial charge in [-0.3, -0.25) is 10.1 Å². The van der Waals surface area contributed by atoms with E-state index in [1.54, 1.807) is 0 Å². The molecule has 1 aliphatic heterocycles. The minimum absolute atomic E-state index is 0.0719. The Kier molecular flexibility index (Phi) is 3.22. The Bertz CT molecular complexity index is 1150. The largest absolute Gasteiger partial charge is 0.486 e. The first-order valence-electron chi connectivity index (χ1n) is 8.58. The van der Waals surface area contributed by atoms with E-state index in [9.17, 15) is 10.1 Å². The van der Waals surface area contributed by atoms with Crippen LogP contribution >= 0.6 is 0 Å². The van der Waals surface area contributed by atoms with Crippen molar-refractivity contribution in [2.45, 2.75) is 12.0 Å². The van der Waals surface area contributed by atoms with Gasteiger partial charge < -0.3 is 9.72 Å². The molecule has 0 unspecified atom stereocenters. The Morgan fingerprint density at radius 3 is 2.62 bits per heavy atom. The van der Waals surface area contributed by atoms with E-state index in [0.717, 1.165) is 38.6 Å². The van der Waals surface area contributed by atoms with Crippen LogP contribution in [0.4, 0.5) is 0 Å². The molecule has 4 aromatic rings. The summed E-state index contributed by atoms with van der Waals surface area (Å²) in [6.45, 7) is 0.0719. The number of hydrogen-bond donors (Lipinski definition) is 1. The second-order valence-electron chi connectivity index (χ2n) is 6.63. The normalized spacial score (nSPS) is 19.2. The summed E-state index contributed by atoms with van der Waals surface area (Å²) in [4.78, 5) is 14.9. The van der Waals surface area contributed by atoms with Crippen molar-refractivity contribution in [2.24, 2.45) is 0 Å². The molecule has 5 rings (SSSR count). The van der Waals surface area contributed by atoms with E-state index >= 15 is 0 Å². The SMILES string of the molecule is O=[N+]([O-])[C@H]1COc2ccc3ccccc3c2[C@@H]1c1c[nH]c2ccccc12. The standard InChI is InChI=1S/C21H16N2O3/c24-23(25)18-12-26-19-10-9-13-5-1-2-6-14(13)21(19)20(18)16-11-22-17-8-4-3-7-15(16)17/h1-11,18,20,22H,12H2/t18-,20+/m0/s1. The zero-order valence-corrected chi connectivity index (χ0v) is 13.9. The molecule has 1 aliphatic rings. The van der Waals surface area contributed by atoms with Gasteiger partial charge in [-0.05, 0) is 28.5 Å². The average Bonchev–Trinajstić information content (AvgIpc) is 3.10. The summed E-state index contributed by atoms with van der Waals surface area (Å²) in [6.07, 6.45) is 1.91. The van der Waals surface area contributed by atoms with Gasteiger partial charge in [0.15, 0.2) is 6.61 Å². The van der Waals surface area contributed by atoms with Crippen LogP contribution in [0, 0.1) is 10.1 Å². The lowest BCUT2D eigenvalue weighted by Crippen LogP contribution is -2.37. The molecule has 5 nitrogen and oxygen atoms in total. The molecule has 3 aromatic carbocycles. The summed E-state index contributed by atoms with van der Waals surface area (Å²) in [6, 6.07) is 19.0. The first-order valence-corrected chi connectivity index (χ1v) is 8.58. The topological polar surface area (TPSA) is 68.2 Å². The average molecular weight is 344 g/mol. The molecule has 0 radical (unpaired) electrons. The van der Waals surface area contributed by atoms with E-state index in [0.29, 0.717) is 0 Å². The van der Waals surface area contributed by atoms with E-state index in [2.05, 4.69) is 4.98 Å². The van der Waals surface area contributed by atoms with Gasteiger partial charge in [0, 0.05) is 27.6 Å². The van der Waals surface area contributed by atoms with Crippen molar-refractivity contribution in [1.29, 1.82) is 0 Å². The maximum Gasteiger partial charge on any atom is 0.257 e. The molecule has 2 atom stereocenters. The van der Waals surface area contributed by atoms with Crippen LogP contribution in [0.2, 0.25) is 0 Å². The van der Waals surface area contributed by atoms with Crippen molar-refractivity contribution in [1.82, 2.24) is 4.98 Å². The minimum atomic E-state index is -0.826. The van der Waals surface area contributed by atoms with Crippen LogP contribution in [-0.2, 0) is 0 Å². The second kappa shape index (κ2) is 5.59. The van der Waals surface area contributed by atoms with E-state index in [-0.39, 0.29) is 17.4 Å². The summed E-state index contributed by atoms with van der Waals surface area (Å²) in [5, 5.41) is 14.9. The van der Waals surface area contributed by atoms with Gasteiger partial charge in [0.05, 0.1) is 5.92 Å². The summed E-state index contributed by atoms with van der Waals surface area (Å²) in [5.74, 6) is 0.369. The Morgan fingerprint density at radius 1 is 1.00 bits per heavy atom. The highest BCUT2D eigenvalue weighted by Gasteiger charge is 2.42. The third kappa shape index (κ3) is 2.10. The van der Waals surface area contributed by atoms with E-state index in [1.807, 2.05) is 66.9 Å². The number of aromatic nitrogens is 1. The monoisotopic (exact) mass is 344 g/mol. The fourth-order valence-electron chi connectivity index (χ4n) is 4.08. The molecule has 5 heteroatoms. The van der Waals surface area contributed by atoms with Crippen LogP contribution in [0.5, 0.6) is 5.75 Å². The Morgan fingerprint density at radius 2 is 1.77 bits per heavy atom. The zero-order valence-electron chi connectivity index (χ0n) is 13.9. The highest BCUT2D eigenvalue weighted by atomic mass is 16.6. The molecule has 2 heterocycles. The fourth-order valence-corrected chi connectivity index (χ4v) is 4.08. The first-order chi connectivity index (χ1) is 12.7. The van der Waals surface area contributed by atoms with Gasteiger partial charge in [-0.15, -0.1) is 0 Å². The van der Waals surface area contributed by atoms with Crippen LogP contribution < -0.4 is 4.74 Å². The minimum Gasteiger partial charge on any atom is -0.486 e. The summed E-state index contributed by atoms with van der Waals surface area (Å²) >= 11 is 0. The number of aromatic amines is 1. The van der Waals surface area contributed by atoms with Crippen LogP contribution in [0.15, 0.2) is 66.9 Å². The molecule has 26 heavy (non-hydrogen) atoms. The van der Waals surface area contributed by atoms with Gasteiger partial charge in [0.1, 0.15) is 5.75 Å². The van der Waals surface area contributed by atoms with Crippen LogP contribution in [0.1, 0.15) is 17.0 Å². The van der Waals surface area contributed by atoms with Crippen molar-refractivity contribution < 1.29 is 9.66 Å². The number of benzene rings is 3. The number of fused-ring (bicyclic) bond motifs is 4. The van der Waals surface area contributed by atoms with E-state index < -0.39 is 6.04 Å². The number of H-pyrrole nitrogens is 1. The highest BCUT2D eigenvalue weighted by Crippen LogP contribution is 2.45. The van der Waals surface area contributed by atoms with Crippen molar-refractivity contribution in [2.75, 3.05) is 6.61 Å². The maximum absolute atomic E-state index is 11.9. The lowest BCUT2D eigenvalue weighted by Gasteiger charge is -2.29. The Hall–Kier alpha value is -3.34. The van der Waals surface area contributed by atoms with Gasteiger partial charge in [0.25, 0.3) is 6.04 Å². The van der Waals surface area contributed by atoms with Crippen LogP contribution in [0.3, 0.4) is 0 Å². The zero-order chi connectivity index (χ0) is 17.7. The lowest BCUT2D eigenvalue weighted by molar-refractivity contribution is -0.528. The molecule has 128 valence electrons. The molecule has 0 saturated heterocycles. The molecular formula is C21H16N2O3. The molecule has 1 N–H and O–H groups in total. The Labute approximate surface area is 149 Å². The van der Waals surface area contributed by atoms with Gasteiger partial charge in [0.2, 0.25) is 0 Å². The number of rotatable bonds is 2. The number of nitro groups is 1. The lowest BCUT2D eigenvalue weighted by atomic mass is 9.81. The third-order valence-electron chi connectivity index (χ3n) is 5.26. The Balaban J connectivity index is 1.84. The van der Waals surface area contributed by atoms with Crippen LogP contribution in [-0.4, -0.2) is 22.6 Å². The van der Waals surface area contributed by atoms with Gasteiger partial charge in [-0.25, -0.2) is 0 Å². The third-order valence-corrected chi connectivity index (χ3v) is 5.26. The number of nitrogens with zero attached hydrogens (tertiary/aromatic N) is 1. The number of ether oxygens (including phenoxy) is 1. The molecule has 0 amide bonds. The van der Waals surface area contributed by atoms with Gasteiger partial charge >= 0.3 is 0 Å². The van der Waals surface area contributed by atoms with E-state index in [1.165, 1.54) is 0 Å². The van der Waals surface area contributed by atoms with Gasteiger partial charge in [-0.2, -0.15) is 0 Å². The molecule has 0 spiro atoms. The predicted octanol–water partition coefficient (Wildman–Crippen LogP) is 4.49. The summed E-state index contributed by atoms with van der Waals surface area (Å²) < 4.78 is 5.79. The summed E-state index contributed by atoms with van der Waals surface area (Å²) in [7, 11) is 0. The molecule has 0 aliphatic carbocycles. The quantitative estimate of drug-likeness (QED) is 0.430. The maximum atomic E-state index is 11.9. The fraction of sp³-hybridized carbons (Fsp3) is 0.143. The summed E-state index contributed by atoms with van der Waals surface area (Å²) in [5.41, 5.74) is 2.84. The molecule has 1 aromatic heterocycles. The van der Waals surface area contributed by atoms with Crippen molar-refractivity contribution in [3.8, 4) is 5.75 Å². The molecule has 0 saturated carbocycles. The number of para-hydroxylation sites is 1. The van der Waals surface area contributed by atoms with E-state index in [4.69, 9.17) is 4.74 Å². The van der Waals surface area contributed by atoms with Crippen LogP contribution in [0.25, 0.3) is 21.7 Å². The van der Waals surface area contributed by atoms with Crippen molar-refractivity contribution in [3.05, 3.63) is 88.1 Å². The molecular weight excluding hydrogens is 328 g/mol. The van der Waals surface area contributed by atoms with Crippen molar-refractivity contribution in [3.63, 3.8) is 0 Å². The highest BCUT2D eigenvalue weighted by molar-refractivity contribution is 5.91. The number of nitrogens with one attached hydrogen (secondary N) is 1. The molecule has 0 fully saturated rings. The second-order valence-corrected chi connectivity index (χ2v) is 6.63. The first kappa shape index (κ1) is 15.0. The molecule has 0 bridgehead atoms.